The standard InChI is InChI=1S/C18H20N2O3S/c1-23-16(21)11-14-9-5-6-10-20(14)18(22)15-12-19-17(24-15)13-7-3-2-4-8-13/h2-4,7-8,12,14H,5-6,9-11H2,1H3/t14-/m1/s1. The molecule has 2 aromatic rings. The molecule has 2 heterocycles. The molecule has 0 radical (unpaired) electrons. The van der Waals surface area contributed by atoms with E-state index in [1.54, 1.807) is 6.20 Å². The predicted octanol–water partition coefficient (Wildman–Crippen LogP) is 3.37. The lowest BCUT2D eigenvalue weighted by Gasteiger charge is -2.34. The first-order valence-corrected chi connectivity index (χ1v) is 8.89. The number of carbonyl (C=O) groups excluding carboxylic acids is 2. The Labute approximate surface area is 145 Å². The number of carbonyl (C=O) groups is 2. The van der Waals surface area contributed by atoms with Crippen molar-refractivity contribution >= 4 is 23.2 Å². The van der Waals surface area contributed by atoms with Crippen LogP contribution >= 0.6 is 11.3 Å². The lowest BCUT2D eigenvalue weighted by atomic mass is 9.99. The number of rotatable bonds is 4. The van der Waals surface area contributed by atoms with Crippen molar-refractivity contribution < 1.29 is 14.3 Å². The van der Waals surface area contributed by atoms with Gasteiger partial charge in [0.25, 0.3) is 5.91 Å². The zero-order valence-corrected chi connectivity index (χ0v) is 14.4. The average Bonchev–Trinajstić information content (AvgIpc) is 3.12. The molecule has 24 heavy (non-hydrogen) atoms. The zero-order valence-electron chi connectivity index (χ0n) is 13.6. The van der Waals surface area contributed by atoms with Crippen molar-refractivity contribution in [1.82, 2.24) is 9.88 Å². The summed E-state index contributed by atoms with van der Waals surface area (Å²) < 4.78 is 4.76. The molecule has 0 saturated carbocycles. The van der Waals surface area contributed by atoms with E-state index in [-0.39, 0.29) is 24.3 Å². The highest BCUT2D eigenvalue weighted by Crippen LogP contribution is 2.28. The third-order valence-corrected chi connectivity index (χ3v) is 5.29. The smallest absolute Gasteiger partial charge is 0.307 e. The second-order valence-corrected chi connectivity index (χ2v) is 6.85. The number of methoxy groups -OCH3 is 1. The van der Waals surface area contributed by atoms with Crippen molar-refractivity contribution in [1.29, 1.82) is 0 Å². The molecule has 1 aromatic carbocycles. The number of aromatic nitrogens is 1. The van der Waals surface area contributed by atoms with Gasteiger partial charge in [-0.2, -0.15) is 0 Å². The van der Waals surface area contributed by atoms with Crippen LogP contribution in [0, 0.1) is 0 Å². The zero-order chi connectivity index (χ0) is 16.9. The average molecular weight is 344 g/mol. The summed E-state index contributed by atoms with van der Waals surface area (Å²) in [7, 11) is 1.38. The van der Waals surface area contributed by atoms with Gasteiger partial charge >= 0.3 is 5.97 Å². The molecule has 1 atom stereocenters. The molecule has 5 nitrogen and oxygen atoms in total. The van der Waals surface area contributed by atoms with E-state index in [9.17, 15) is 9.59 Å². The highest BCUT2D eigenvalue weighted by molar-refractivity contribution is 7.16. The molecule has 1 aromatic heterocycles. The van der Waals surface area contributed by atoms with Gasteiger partial charge in [0.2, 0.25) is 0 Å². The van der Waals surface area contributed by atoms with E-state index in [4.69, 9.17) is 4.74 Å². The summed E-state index contributed by atoms with van der Waals surface area (Å²) in [6, 6.07) is 9.74. The van der Waals surface area contributed by atoms with Crippen LogP contribution < -0.4 is 0 Å². The quantitative estimate of drug-likeness (QED) is 0.798. The summed E-state index contributed by atoms with van der Waals surface area (Å²) >= 11 is 1.40. The number of nitrogens with zero attached hydrogens (tertiary/aromatic N) is 2. The first-order valence-electron chi connectivity index (χ1n) is 8.08. The minimum Gasteiger partial charge on any atom is -0.469 e. The van der Waals surface area contributed by atoms with Crippen LogP contribution in [0.15, 0.2) is 36.5 Å². The minimum absolute atomic E-state index is 0.0386. The van der Waals surface area contributed by atoms with Gasteiger partial charge in [-0.05, 0) is 19.3 Å². The van der Waals surface area contributed by atoms with E-state index in [1.165, 1.54) is 18.4 Å². The molecule has 0 bridgehead atoms. The van der Waals surface area contributed by atoms with Gasteiger partial charge in [-0.1, -0.05) is 30.3 Å². The first kappa shape index (κ1) is 16.6. The van der Waals surface area contributed by atoms with E-state index in [0.29, 0.717) is 11.4 Å². The SMILES string of the molecule is COC(=O)C[C@H]1CCCCN1C(=O)c1cnc(-c2ccccc2)s1. The summed E-state index contributed by atoms with van der Waals surface area (Å²) in [6.45, 7) is 0.680. The Morgan fingerprint density at radius 2 is 2.08 bits per heavy atom. The fourth-order valence-corrected chi connectivity index (χ4v) is 3.86. The first-order chi connectivity index (χ1) is 11.7. The van der Waals surface area contributed by atoms with Crippen LogP contribution in [0.3, 0.4) is 0 Å². The lowest BCUT2D eigenvalue weighted by Crippen LogP contribution is -2.44. The topological polar surface area (TPSA) is 59.5 Å². The molecular weight excluding hydrogens is 324 g/mol. The summed E-state index contributed by atoms with van der Waals surface area (Å²) in [5, 5.41) is 0.834. The van der Waals surface area contributed by atoms with Crippen LogP contribution in [0.25, 0.3) is 10.6 Å². The summed E-state index contributed by atoms with van der Waals surface area (Å²) in [6.07, 6.45) is 4.73. The van der Waals surface area contributed by atoms with Crippen LogP contribution in [-0.2, 0) is 9.53 Å². The van der Waals surface area contributed by atoms with Crippen molar-refractivity contribution in [2.75, 3.05) is 13.7 Å². The Bertz CT molecular complexity index is 714. The number of benzene rings is 1. The van der Waals surface area contributed by atoms with Crippen molar-refractivity contribution in [2.24, 2.45) is 0 Å². The molecular formula is C18H20N2O3S. The van der Waals surface area contributed by atoms with E-state index >= 15 is 0 Å². The maximum atomic E-state index is 12.9. The van der Waals surface area contributed by atoms with Crippen LogP contribution in [0.1, 0.15) is 35.4 Å². The molecule has 6 heteroatoms. The molecule has 126 valence electrons. The summed E-state index contributed by atoms with van der Waals surface area (Å²) in [5.41, 5.74) is 1.01. The van der Waals surface area contributed by atoms with Gasteiger partial charge in [0.1, 0.15) is 9.88 Å². The van der Waals surface area contributed by atoms with Gasteiger partial charge in [-0.15, -0.1) is 11.3 Å². The minimum atomic E-state index is -0.269. The van der Waals surface area contributed by atoms with Gasteiger partial charge < -0.3 is 9.64 Å². The number of piperidine rings is 1. The number of hydrogen-bond donors (Lipinski definition) is 0. The molecule has 1 aliphatic heterocycles. The predicted molar refractivity (Wildman–Crippen MR) is 92.9 cm³/mol. The van der Waals surface area contributed by atoms with Gasteiger partial charge in [0.05, 0.1) is 19.7 Å². The van der Waals surface area contributed by atoms with Crippen LogP contribution in [0.4, 0.5) is 0 Å². The molecule has 0 N–H and O–H groups in total. The van der Waals surface area contributed by atoms with Crippen molar-refractivity contribution in [3.05, 3.63) is 41.4 Å². The number of esters is 1. The number of thiazole rings is 1. The molecule has 1 fully saturated rings. The molecule has 0 spiro atoms. The molecule has 0 aliphatic carbocycles. The van der Waals surface area contributed by atoms with Gasteiger partial charge in [-0.3, -0.25) is 9.59 Å². The summed E-state index contributed by atoms with van der Waals surface area (Å²) in [5.74, 6) is -0.308. The van der Waals surface area contributed by atoms with Gasteiger partial charge in [0, 0.05) is 18.2 Å². The van der Waals surface area contributed by atoms with Crippen molar-refractivity contribution in [3.8, 4) is 10.6 Å². The van der Waals surface area contributed by atoms with Crippen LogP contribution in [-0.4, -0.2) is 41.5 Å². The Balaban J connectivity index is 1.77. The number of likely N-dealkylation sites (tertiary alicyclic amines) is 1. The van der Waals surface area contributed by atoms with Crippen LogP contribution in [0.5, 0.6) is 0 Å². The highest BCUT2D eigenvalue weighted by Gasteiger charge is 2.30. The maximum Gasteiger partial charge on any atom is 0.307 e. The van der Waals surface area contributed by atoms with E-state index in [1.807, 2.05) is 35.2 Å². The molecule has 0 unspecified atom stereocenters. The Kier molecular flexibility index (Phi) is 5.25. The number of hydrogen-bond acceptors (Lipinski definition) is 5. The second kappa shape index (κ2) is 7.57. The van der Waals surface area contributed by atoms with Crippen molar-refractivity contribution in [3.63, 3.8) is 0 Å². The largest absolute Gasteiger partial charge is 0.469 e. The van der Waals surface area contributed by atoms with Gasteiger partial charge in [-0.25, -0.2) is 4.98 Å². The van der Waals surface area contributed by atoms with E-state index < -0.39 is 0 Å². The summed E-state index contributed by atoms with van der Waals surface area (Å²) in [4.78, 5) is 31.3. The highest BCUT2D eigenvalue weighted by atomic mass is 32.1. The molecule has 1 amide bonds. The van der Waals surface area contributed by atoms with Crippen LogP contribution in [0.2, 0.25) is 0 Å². The Morgan fingerprint density at radius 3 is 2.83 bits per heavy atom. The molecule has 1 aliphatic rings. The monoisotopic (exact) mass is 344 g/mol. The lowest BCUT2D eigenvalue weighted by molar-refractivity contribution is -0.142. The van der Waals surface area contributed by atoms with E-state index in [0.717, 1.165) is 29.8 Å². The Hall–Kier alpha value is -2.21. The fraction of sp³-hybridized carbons (Fsp3) is 0.389. The maximum absolute atomic E-state index is 12.9. The molecule has 3 rings (SSSR count). The Morgan fingerprint density at radius 1 is 1.29 bits per heavy atom. The second-order valence-electron chi connectivity index (χ2n) is 5.82. The fourth-order valence-electron chi connectivity index (χ4n) is 2.98. The normalized spacial score (nSPS) is 17.5. The third kappa shape index (κ3) is 3.64. The van der Waals surface area contributed by atoms with Crippen molar-refractivity contribution in [2.45, 2.75) is 31.7 Å². The number of ether oxygens (including phenoxy) is 1. The molecule has 1 saturated heterocycles. The van der Waals surface area contributed by atoms with Gasteiger partial charge in [0.15, 0.2) is 0 Å². The third-order valence-electron chi connectivity index (χ3n) is 4.26. The number of amides is 1. The van der Waals surface area contributed by atoms with E-state index in [2.05, 4.69) is 4.98 Å².